The molecule has 0 fully saturated rings. The molecule has 1 amide bonds. The Kier molecular flexibility index (Phi) is 3.49. The van der Waals surface area contributed by atoms with Gasteiger partial charge in [-0.05, 0) is 47.0 Å². The first-order valence-electron chi connectivity index (χ1n) is 6.83. The Morgan fingerprint density at radius 3 is 2.86 bits per heavy atom. The topological polar surface area (TPSA) is 64.2 Å². The Labute approximate surface area is 131 Å². The first-order valence-corrected chi connectivity index (χ1v) is 7.62. The molecule has 1 aliphatic rings. The summed E-state index contributed by atoms with van der Waals surface area (Å²) in [5, 5.41) is 4.37. The van der Waals surface area contributed by atoms with Gasteiger partial charge < -0.3 is 10.6 Å². The third-order valence-electron chi connectivity index (χ3n) is 3.90. The van der Waals surface area contributed by atoms with E-state index in [0.29, 0.717) is 18.8 Å². The third-order valence-corrected chi connectivity index (χ3v) is 4.94. The monoisotopic (exact) mass is 348 g/mol. The van der Waals surface area contributed by atoms with Crippen molar-refractivity contribution in [2.24, 2.45) is 7.05 Å². The summed E-state index contributed by atoms with van der Waals surface area (Å²) in [5.41, 5.74) is 10.2. The van der Waals surface area contributed by atoms with Crippen LogP contribution in [0.2, 0.25) is 0 Å². The fourth-order valence-electron chi connectivity index (χ4n) is 2.72. The normalized spacial score (nSPS) is 14.4. The van der Waals surface area contributed by atoms with Crippen LogP contribution < -0.4 is 5.73 Å². The number of hydrogen-bond donors (Lipinski definition) is 1. The van der Waals surface area contributed by atoms with Crippen LogP contribution in [0.4, 0.5) is 5.69 Å². The smallest absolute Gasteiger partial charge is 0.254 e. The lowest BCUT2D eigenvalue weighted by molar-refractivity contribution is 0.0723. The number of amides is 1. The molecule has 2 aromatic rings. The molecular formula is C15H17BrN4O. The molecule has 1 aliphatic heterocycles. The van der Waals surface area contributed by atoms with Gasteiger partial charge in [0.25, 0.3) is 5.91 Å². The number of anilines is 1. The minimum Gasteiger partial charge on any atom is -0.399 e. The fourth-order valence-corrected chi connectivity index (χ4v) is 3.18. The molecule has 21 heavy (non-hydrogen) atoms. The Bertz CT molecular complexity index is 723. The summed E-state index contributed by atoms with van der Waals surface area (Å²) >= 11 is 3.55. The average molecular weight is 349 g/mol. The van der Waals surface area contributed by atoms with Crippen molar-refractivity contribution < 1.29 is 4.79 Å². The van der Waals surface area contributed by atoms with Gasteiger partial charge in [-0.2, -0.15) is 5.10 Å². The highest BCUT2D eigenvalue weighted by Gasteiger charge is 2.26. The molecule has 0 bridgehead atoms. The summed E-state index contributed by atoms with van der Waals surface area (Å²) in [4.78, 5) is 14.5. The molecule has 0 spiro atoms. The summed E-state index contributed by atoms with van der Waals surface area (Å²) < 4.78 is 2.79. The molecule has 2 heterocycles. The van der Waals surface area contributed by atoms with E-state index in [0.717, 1.165) is 33.4 Å². The first kappa shape index (κ1) is 14.1. The summed E-state index contributed by atoms with van der Waals surface area (Å²) in [7, 11) is 1.90. The van der Waals surface area contributed by atoms with Gasteiger partial charge >= 0.3 is 0 Å². The zero-order chi connectivity index (χ0) is 15.1. The highest BCUT2D eigenvalue weighted by atomic mass is 79.9. The second-order valence-electron chi connectivity index (χ2n) is 5.36. The zero-order valence-electron chi connectivity index (χ0n) is 12.1. The second-order valence-corrected chi connectivity index (χ2v) is 6.16. The van der Waals surface area contributed by atoms with Gasteiger partial charge in [-0.15, -0.1) is 0 Å². The van der Waals surface area contributed by atoms with Gasteiger partial charge in [-0.3, -0.25) is 9.48 Å². The van der Waals surface area contributed by atoms with E-state index in [-0.39, 0.29) is 5.91 Å². The molecule has 0 aliphatic carbocycles. The average Bonchev–Trinajstić information content (AvgIpc) is 2.68. The van der Waals surface area contributed by atoms with Crippen LogP contribution in [0.1, 0.15) is 27.3 Å². The number of fused-ring (bicyclic) bond motifs is 1. The number of benzene rings is 1. The lowest BCUT2D eigenvalue weighted by Gasteiger charge is -2.28. The van der Waals surface area contributed by atoms with Gasteiger partial charge in [-0.25, -0.2) is 0 Å². The van der Waals surface area contributed by atoms with Crippen LogP contribution in [0, 0.1) is 6.92 Å². The molecule has 5 nitrogen and oxygen atoms in total. The summed E-state index contributed by atoms with van der Waals surface area (Å²) in [5.74, 6) is 0.0364. The first-order chi connectivity index (χ1) is 9.97. The summed E-state index contributed by atoms with van der Waals surface area (Å²) in [6.45, 7) is 3.21. The molecule has 110 valence electrons. The van der Waals surface area contributed by atoms with E-state index in [1.165, 1.54) is 0 Å². The molecule has 1 aromatic heterocycles. The number of aromatic nitrogens is 2. The van der Waals surface area contributed by atoms with E-state index >= 15 is 0 Å². The van der Waals surface area contributed by atoms with E-state index in [1.54, 1.807) is 6.07 Å². The van der Waals surface area contributed by atoms with Crippen molar-refractivity contribution in [3.05, 3.63) is 45.2 Å². The SMILES string of the molecule is Cc1nn(C)c(CN2CCc3ccc(N)cc3C2=O)c1Br. The molecular weight excluding hydrogens is 332 g/mol. The van der Waals surface area contributed by atoms with Crippen molar-refractivity contribution in [1.29, 1.82) is 0 Å². The highest BCUT2D eigenvalue weighted by molar-refractivity contribution is 9.10. The van der Waals surface area contributed by atoms with Crippen LogP contribution in [0.15, 0.2) is 22.7 Å². The fraction of sp³-hybridized carbons (Fsp3) is 0.333. The van der Waals surface area contributed by atoms with Gasteiger partial charge in [0.1, 0.15) is 0 Å². The molecule has 0 radical (unpaired) electrons. The standard InChI is InChI=1S/C15H17BrN4O/c1-9-14(16)13(19(2)18-9)8-20-6-5-10-3-4-11(17)7-12(10)15(20)21/h3-4,7H,5-6,8,17H2,1-2H3. The Balaban J connectivity index is 1.90. The van der Waals surface area contributed by atoms with Gasteiger partial charge in [-0.1, -0.05) is 6.07 Å². The number of nitrogens with zero attached hydrogens (tertiary/aromatic N) is 3. The largest absolute Gasteiger partial charge is 0.399 e. The number of rotatable bonds is 2. The number of carbonyl (C=O) groups excluding carboxylic acids is 1. The van der Waals surface area contributed by atoms with E-state index in [9.17, 15) is 4.79 Å². The van der Waals surface area contributed by atoms with Gasteiger partial charge in [0.05, 0.1) is 22.4 Å². The van der Waals surface area contributed by atoms with Gasteiger partial charge in [0.2, 0.25) is 0 Å². The Morgan fingerprint density at radius 2 is 2.19 bits per heavy atom. The predicted molar refractivity (Wildman–Crippen MR) is 84.9 cm³/mol. The van der Waals surface area contributed by atoms with Crippen LogP contribution in [0.25, 0.3) is 0 Å². The van der Waals surface area contributed by atoms with E-state index in [4.69, 9.17) is 5.73 Å². The van der Waals surface area contributed by atoms with Crippen LogP contribution in [-0.2, 0) is 20.0 Å². The van der Waals surface area contributed by atoms with E-state index < -0.39 is 0 Å². The van der Waals surface area contributed by atoms with Crippen molar-refractivity contribution in [3.63, 3.8) is 0 Å². The van der Waals surface area contributed by atoms with Crippen molar-refractivity contribution in [1.82, 2.24) is 14.7 Å². The molecule has 2 N–H and O–H groups in total. The van der Waals surface area contributed by atoms with Gasteiger partial charge in [0.15, 0.2) is 0 Å². The highest BCUT2D eigenvalue weighted by Crippen LogP contribution is 2.26. The maximum absolute atomic E-state index is 12.6. The minimum atomic E-state index is 0.0364. The molecule has 0 atom stereocenters. The zero-order valence-corrected chi connectivity index (χ0v) is 13.6. The number of halogens is 1. The van der Waals surface area contributed by atoms with Crippen molar-refractivity contribution >= 4 is 27.5 Å². The summed E-state index contributed by atoms with van der Waals surface area (Å²) in [6.07, 6.45) is 0.857. The predicted octanol–water partition coefficient (Wildman–Crippen LogP) is 2.27. The van der Waals surface area contributed by atoms with Crippen LogP contribution in [-0.4, -0.2) is 27.1 Å². The lowest BCUT2D eigenvalue weighted by Crippen LogP contribution is -2.37. The quantitative estimate of drug-likeness (QED) is 0.846. The molecule has 0 saturated carbocycles. The molecule has 0 saturated heterocycles. The lowest BCUT2D eigenvalue weighted by atomic mass is 9.98. The number of nitrogen functional groups attached to an aromatic ring is 1. The number of hydrogen-bond acceptors (Lipinski definition) is 3. The van der Waals surface area contributed by atoms with E-state index in [1.807, 2.05) is 35.7 Å². The van der Waals surface area contributed by atoms with Crippen LogP contribution in [0.5, 0.6) is 0 Å². The second kappa shape index (κ2) is 5.18. The number of carbonyl (C=O) groups is 1. The number of nitrogens with two attached hydrogens (primary N) is 1. The molecule has 1 aromatic carbocycles. The van der Waals surface area contributed by atoms with Crippen LogP contribution in [0.3, 0.4) is 0 Å². The number of aryl methyl sites for hydroxylation is 2. The van der Waals surface area contributed by atoms with Crippen molar-refractivity contribution in [2.75, 3.05) is 12.3 Å². The Hall–Kier alpha value is -1.82. The molecule has 3 rings (SSSR count). The van der Waals surface area contributed by atoms with Crippen molar-refractivity contribution in [2.45, 2.75) is 19.9 Å². The maximum Gasteiger partial charge on any atom is 0.254 e. The van der Waals surface area contributed by atoms with Crippen LogP contribution >= 0.6 is 15.9 Å². The maximum atomic E-state index is 12.6. The van der Waals surface area contributed by atoms with E-state index in [2.05, 4.69) is 21.0 Å². The third kappa shape index (κ3) is 2.44. The Morgan fingerprint density at radius 1 is 1.43 bits per heavy atom. The summed E-state index contributed by atoms with van der Waals surface area (Å²) in [6, 6.07) is 5.57. The molecule has 6 heteroatoms. The molecule has 0 unspecified atom stereocenters. The van der Waals surface area contributed by atoms with Gasteiger partial charge in [0, 0.05) is 24.8 Å². The minimum absolute atomic E-state index is 0.0364. The van der Waals surface area contributed by atoms with Crippen molar-refractivity contribution in [3.8, 4) is 0 Å².